The standard InChI is InChI=1S/C24H27NO3.ClH/c1-3-27-23-11-7-10-21(24(23)28-18-20-8-5-4-6-9-20)17-25-16-19-12-14-22(26-2)15-13-19;/h4-15,25H,3,16-18H2,1-2H3;1H. The van der Waals surface area contributed by atoms with Crippen LogP contribution in [0.3, 0.4) is 0 Å². The average Bonchev–Trinajstić information content (AvgIpc) is 2.74. The van der Waals surface area contributed by atoms with Crippen molar-refractivity contribution in [3.05, 3.63) is 89.5 Å². The Kier molecular flexibility index (Phi) is 9.35. The third-order valence-corrected chi connectivity index (χ3v) is 4.39. The Balaban J connectivity index is 0.00000300. The largest absolute Gasteiger partial charge is 0.497 e. The maximum Gasteiger partial charge on any atom is 0.166 e. The summed E-state index contributed by atoms with van der Waals surface area (Å²) in [6.45, 7) is 4.55. The van der Waals surface area contributed by atoms with Gasteiger partial charge in [0.05, 0.1) is 13.7 Å². The maximum absolute atomic E-state index is 6.16. The van der Waals surface area contributed by atoms with E-state index in [0.29, 0.717) is 19.8 Å². The van der Waals surface area contributed by atoms with Crippen LogP contribution in [0.4, 0.5) is 0 Å². The van der Waals surface area contributed by atoms with Crippen molar-refractivity contribution in [3.8, 4) is 17.2 Å². The minimum atomic E-state index is 0. The van der Waals surface area contributed by atoms with Gasteiger partial charge in [-0.1, -0.05) is 54.6 Å². The Labute approximate surface area is 179 Å². The average molecular weight is 414 g/mol. The molecule has 1 N–H and O–H groups in total. The highest BCUT2D eigenvalue weighted by Gasteiger charge is 2.11. The van der Waals surface area contributed by atoms with Gasteiger partial charge in [-0.05, 0) is 36.2 Å². The summed E-state index contributed by atoms with van der Waals surface area (Å²) in [5, 5.41) is 3.49. The van der Waals surface area contributed by atoms with E-state index in [1.165, 1.54) is 5.56 Å². The number of halogens is 1. The molecule has 154 valence electrons. The molecule has 0 amide bonds. The van der Waals surface area contributed by atoms with Gasteiger partial charge < -0.3 is 19.5 Å². The van der Waals surface area contributed by atoms with Crippen LogP contribution in [0.1, 0.15) is 23.6 Å². The summed E-state index contributed by atoms with van der Waals surface area (Å²) in [6.07, 6.45) is 0. The van der Waals surface area contributed by atoms with Crippen LogP contribution in [-0.4, -0.2) is 13.7 Å². The minimum absolute atomic E-state index is 0. The number of methoxy groups -OCH3 is 1. The Morgan fingerprint density at radius 1 is 0.759 bits per heavy atom. The first kappa shape index (κ1) is 22.6. The first-order chi connectivity index (χ1) is 13.8. The molecule has 0 saturated heterocycles. The Hall–Kier alpha value is -2.69. The highest BCUT2D eigenvalue weighted by Crippen LogP contribution is 2.32. The third kappa shape index (κ3) is 6.70. The highest BCUT2D eigenvalue weighted by molar-refractivity contribution is 5.85. The fourth-order valence-electron chi connectivity index (χ4n) is 2.95. The monoisotopic (exact) mass is 413 g/mol. The van der Waals surface area contributed by atoms with Crippen molar-refractivity contribution >= 4 is 12.4 Å². The summed E-state index contributed by atoms with van der Waals surface area (Å²) in [5.41, 5.74) is 3.41. The van der Waals surface area contributed by atoms with Gasteiger partial charge in [0.2, 0.25) is 0 Å². The molecule has 4 nitrogen and oxygen atoms in total. The number of ether oxygens (including phenoxy) is 3. The van der Waals surface area contributed by atoms with Gasteiger partial charge in [0.1, 0.15) is 12.4 Å². The smallest absolute Gasteiger partial charge is 0.166 e. The molecule has 5 heteroatoms. The van der Waals surface area contributed by atoms with Gasteiger partial charge in [0, 0.05) is 18.7 Å². The second-order valence-electron chi connectivity index (χ2n) is 6.40. The van der Waals surface area contributed by atoms with E-state index >= 15 is 0 Å². The molecule has 0 fully saturated rings. The van der Waals surface area contributed by atoms with Crippen molar-refractivity contribution in [2.75, 3.05) is 13.7 Å². The van der Waals surface area contributed by atoms with E-state index in [1.807, 2.05) is 49.4 Å². The van der Waals surface area contributed by atoms with Crippen LogP contribution < -0.4 is 19.5 Å². The van der Waals surface area contributed by atoms with E-state index in [1.54, 1.807) is 7.11 Å². The molecule has 3 aromatic rings. The lowest BCUT2D eigenvalue weighted by Gasteiger charge is -2.16. The lowest BCUT2D eigenvalue weighted by molar-refractivity contribution is 0.266. The van der Waals surface area contributed by atoms with E-state index in [2.05, 4.69) is 35.6 Å². The zero-order valence-corrected chi connectivity index (χ0v) is 17.7. The maximum atomic E-state index is 6.16. The molecule has 0 atom stereocenters. The SMILES string of the molecule is CCOc1cccc(CNCc2ccc(OC)cc2)c1OCc1ccccc1.Cl. The van der Waals surface area contributed by atoms with Crippen molar-refractivity contribution in [3.63, 3.8) is 0 Å². The minimum Gasteiger partial charge on any atom is -0.497 e. The van der Waals surface area contributed by atoms with Crippen molar-refractivity contribution < 1.29 is 14.2 Å². The second kappa shape index (κ2) is 12.0. The van der Waals surface area contributed by atoms with Gasteiger partial charge in [0.25, 0.3) is 0 Å². The summed E-state index contributed by atoms with van der Waals surface area (Å²) in [5.74, 6) is 2.45. The molecule has 0 aromatic heterocycles. The van der Waals surface area contributed by atoms with Crippen LogP contribution in [0.15, 0.2) is 72.8 Å². The highest BCUT2D eigenvalue weighted by atomic mass is 35.5. The summed E-state index contributed by atoms with van der Waals surface area (Å²) < 4.78 is 17.2. The van der Waals surface area contributed by atoms with Crippen LogP contribution in [0.5, 0.6) is 17.2 Å². The summed E-state index contributed by atoms with van der Waals surface area (Å²) in [7, 11) is 1.68. The van der Waals surface area contributed by atoms with Gasteiger partial charge in [-0.15, -0.1) is 12.4 Å². The van der Waals surface area contributed by atoms with Crippen molar-refractivity contribution in [2.45, 2.75) is 26.6 Å². The Morgan fingerprint density at radius 3 is 2.21 bits per heavy atom. The Morgan fingerprint density at radius 2 is 1.52 bits per heavy atom. The predicted octanol–water partition coefficient (Wildman–Crippen LogP) is 5.38. The summed E-state index contributed by atoms with van der Waals surface area (Å²) in [6, 6.07) is 24.3. The van der Waals surface area contributed by atoms with Gasteiger partial charge in [-0.3, -0.25) is 0 Å². The number of para-hydroxylation sites is 1. The molecule has 29 heavy (non-hydrogen) atoms. The van der Waals surface area contributed by atoms with Crippen molar-refractivity contribution in [1.29, 1.82) is 0 Å². The van der Waals surface area contributed by atoms with Crippen LogP contribution in [-0.2, 0) is 19.7 Å². The number of hydrogen-bond acceptors (Lipinski definition) is 4. The molecule has 0 spiro atoms. The molecule has 0 unspecified atom stereocenters. The molecule has 0 aliphatic rings. The summed E-state index contributed by atoms with van der Waals surface area (Å²) >= 11 is 0. The van der Waals surface area contributed by atoms with Crippen LogP contribution >= 0.6 is 12.4 Å². The molecule has 0 aliphatic carbocycles. The van der Waals surface area contributed by atoms with Crippen molar-refractivity contribution in [1.82, 2.24) is 5.32 Å². The normalized spacial score (nSPS) is 10.1. The summed E-state index contributed by atoms with van der Waals surface area (Å²) in [4.78, 5) is 0. The van der Waals surface area contributed by atoms with Crippen LogP contribution in [0.2, 0.25) is 0 Å². The van der Waals surface area contributed by atoms with E-state index in [0.717, 1.165) is 34.9 Å². The zero-order valence-electron chi connectivity index (χ0n) is 16.9. The quantitative estimate of drug-likeness (QED) is 0.484. The zero-order chi connectivity index (χ0) is 19.6. The number of rotatable bonds is 10. The fraction of sp³-hybridized carbons (Fsp3) is 0.250. The third-order valence-electron chi connectivity index (χ3n) is 4.39. The molecule has 3 rings (SSSR count). The molecule has 0 aliphatic heterocycles. The molecule has 3 aromatic carbocycles. The van der Waals surface area contributed by atoms with Crippen molar-refractivity contribution in [2.24, 2.45) is 0 Å². The molecular formula is C24H28ClNO3. The number of benzene rings is 3. The molecular weight excluding hydrogens is 386 g/mol. The first-order valence-corrected chi connectivity index (χ1v) is 9.55. The van der Waals surface area contributed by atoms with Crippen LogP contribution in [0.25, 0.3) is 0 Å². The van der Waals surface area contributed by atoms with Gasteiger partial charge in [-0.25, -0.2) is 0 Å². The number of hydrogen-bond donors (Lipinski definition) is 1. The van der Waals surface area contributed by atoms with Gasteiger partial charge in [-0.2, -0.15) is 0 Å². The van der Waals surface area contributed by atoms with Gasteiger partial charge in [0.15, 0.2) is 11.5 Å². The van der Waals surface area contributed by atoms with Gasteiger partial charge >= 0.3 is 0 Å². The Bertz CT molecular complexity index is 854. The fourth-order valence-corrected chi connectivity index (χ4v) is 2.95. The molecule has 0 bridgehead atoms. The van der Waals surface area contributed by atoms with E-state index < -0.39 is 0 Å². The first-order valence-electron chi connectivity index (χ1n) is 9.55. The molecule has 0 heterocycles. The topological polar surface area (TPSA) is 39.7 Å². The van der Waals surface area contributed by atoms with Crippen LogP contribution in [0, 0.1) is 0 Å². The predicted molar refractivity (Wildman–Crippen MR) is 119 cm³/mol. The molecule has 0 radical (unpaired) electrons. The van der Waals surface area contributed by atoms with E-state index in [4.69, 9.17) is 14.2 Å². The van der Waals surface area contributed by atoms with E-state index in [-0.39, 0.29) is 12.4 Å². The second-order valence-corrected chi connectivity index (χ2v) is 6.40. The lowest BCUT2D eigenvalue weighted by atomic mass is 10.1. The number of nitrogens with one attached hydrogen (secondary N) is 1. The lowest BCUT2D eigenvalue weighted by Crippen LogP contribution is -2.14. The molecule has 0 saturated carbocycles. The van der Waals surface area contributed by atoms with E-state index in [9.17, 15) is 0 Å².